The summed E-state index contributed by atoms with van der Waals surface area (Å²) in [5.74, 6) is -1.04. The fourth-order valence-electron chi connectivity index (χ4n) is 1.75. The van der Waals surface area contributed by atoms with E-state index in [0.717, 1.165) is 12.1 Å². The van der Waals surface area contributed by atoms with Crippen molar-refractivity contribution in [3.63, 3.8) is 0 Å². The highest BCUT2D eigenvalue weighted by Gasteiger charge is 2.42. The standard InChI is InChI=1S/C17H34O4Si2/c1-9-10-17(2,15(18)20-11-13-22(3,4)5)16(19)21-12-14-23(6,7)8/h9-10H,11-14H2,1-8H3. The summed E-state index contributed by atoms with van der Waals surface area (Å²) in [5.41, 5.74) is -1.35. The molecule has 134 valence electrons. The monoisotopic (exact) mass is 358 g/mol. The number of hydrogen-bond donors (Lipinski definition) is 0. The Morgan fingerprint density at radius 1 is 0.870 bits per heavy atom. The number of hydrogen-bond acceptors (Lipinski definition) is 4. The largest absolute Gasteiger partial charge is 0.465 e. The third-order valence-corrected chi connectivity index (χ3v) is 6.93. The zero-order chi connectivity index (χ0) is 18.3. The molecule has 0 rings (SSSR count). The summed E-state index contributed by atoms with van der Waals surface area (Å²) in [4.78, 5) is 24.8. The first kappa shape index (κ1) is 22.1. The summed E-state index contributed by atoms with van der Waals surface area (Å²) in [6.07, 6.45) is 3.26. The van der Waals surface area contributed by atoms with Gasteiger partial charge in [-0.05, 0) is 25.9 Å². The van der Waals surface area contributed by atoms with Gasteiger partial charge in [-0.25, -0.2) is 0 Å². The molecule has 0 saturated carbocycles. The van der Waals surface area contributed by atoms with E-state index in [0.29, 0.717) is 13.2 Å². The number of rotatable bonds is 9. The average Bonchev–Trinajstić information content (AvgIpc) is 2.35. The molecule has 4 nitrogen and oxygen atoms in total. The molecule has 0 saturated heterocycles. The number of carbonyl (C=O) groups is 2. The van der Waals surface area contributed by atoms with Crippen molar-refractivity contribution < 1.29 is 19.1 Å². The molecule has 0 radical (unpaired) electrons. The fourth-order valence-corrected chi connectivity index (χ4v) is 3.18. The molecule has 0 N–H and O–H groups in total. The van der Waals surface area contributed by atoms with E-state index in [-0.39, 0.29) is 0 Å². The van der Waals surface area contributed by atoms with E-state index in [1.165, 1.54) is 0 Å². The van der Waals surface area contributed by atoms with Crippen LogP contribution in [0.2, 0.25) is 51.4 Å². The molecular weight excluding hydrogens is 324 g/mol. The van der Waals surface area contributed by atoms with Crippen molar-refractivity contribution in [3.05, 3.63) is 12.2 Å². The van der Waals surface area contributed by atoms with E-state index in [1.807, 2.05) is 0 Å². The van der Waals surface area contributed by atoms with Gasteiger partial charge in [-0.15, -0.1) is 0 Å². The maximum Gasteiger partial charge on any atom is 0.327 e. The number of carbonyl (C=O) groups excluding carboxylic acids is 2. The van der Waals surface area contributed by atoms with Crippen molar-refractivity contribution in [1.29, 1.82) is 0 Å². The molecule has 6 heteroatoms. The smallest absolute Gasteiger partial charge is 0.327 e. The van der Waals surface area contributed by atoms with E-state index >= 15 is 0 Å². The molecule has 0 fully saturated rings. The van der Waals surface area contributed by atoms with Crippen molar-refractivity contribution in [2.45, 2.75) is 65.2 Å². The minimum absolute atomic E-state index is 0.365. The zero-order valence-corrected chi connectivity index (χ0v) is 18.1. The molecule has 0 amide bonds. The third kappa shape index (κ3) is 9.10. The lowest BCUT2D eigenvalue weighted by atomic mass is 9.90. The van der Waals surface area contributed by atoms with Gasteiger partial charge >= 0.3 is 11.9 Å². The molecule has 0 aromatic rings. The third-order valence-electron chi connectivity index (χ3n) is 3.52. The highest BCUT2D eigenvalue weighted by molar-refractivity contribution is 6.76. The van der Waals surface area contributed by atoms with E-state index in [4.69, 9.17) is 9.47 Å². The van der Waals surface area contributed by atoms with Gasteiger partial charge in [-0.3, -0.25) is 9.59 Å². The first-order valence-electron chi connectivity index (χ1n) is 8.30. The lowest BCUT2D eigenvalue weighted by Crippen LogP contribution is -2.39. The van der Waals surface area contributed by atoms with Crippen molar-refractivity contribution in [2.24, 2.45) is 5.41 Å². The quantitative estimate of drug-likeness (QED) is 0.266. The van der Waals surface area contributed by atoms with Crippen LogP contribution in [0.1, 0.15) is 13.8 Å². The Kier molecular flexibility index (Phi) is 8.48. The van der Waals surface area contributed by atoms with Crippen LogP contribution in [-0.2, 0) is 19.1 Å². The molecule has 0 spiro atoms. The Morgan fingerprint density at radius 2 is 1.22 bits per heavy atom. The molecule has 0 bridgehead atoms. The molecule has 0 aliphatic carbocycles. The van der Waals surface area contributed by atoms with Crippen LogP contribution in [-0.4, -0.2) is 41.3 Å². The molecule has 0 aromatic heterocycles. The van der Waals surface area contributed by atoms with Crippen LogP contribution in [0, 0.1) is 5.41 Å². The maximum absolute atomic E-state index is 12.4. The van der Waals surface area contributed by atoms with Gasteiger partial charge in [0.15, 0.2) is 5.41 Å². The van der Waals surface area contributed by atoms with Gasteiger partial charge < -0.3 is 9.47 Å². The second-order valence-corrected chi connectivity index (χ2v) is 19.8. The Bertz CT molecular complexity index is 399. The van der Waals surface area contributed by atoms with Crippen LogP contribution in [0.3, 0.4) is 0 Å². The summed E-state index contributed by atoms with van der Waals surface area (Å²) in [5, 5.41) is 0. The first-order chi connectivity index (χ1) is 10.3. The summed E-state index contributed by atoms with van der Waals surface area (Å²) >= 11 is 0. The maximum atomic E-state index is 12.4. The van der Waals surface area contributed by atoms with Gasteiger partial charge in [0.05, 0.1) is 13.2 Å². The van der Waals surface area contributed by atoms with Gasteiger partial charge in [0.25, 0.3) is 0 Å². The molecule has 23 heavy (non-hydrogen) atoms. The molecule has 0 unspecified atom stereocenters. The van der Waals surface area contributed by atoms with Gasteiger partial charge in [-0.2, -0.15) is 0 Å². The zero-order valence-electron chi connectivity index (χ0n) is 16.1. The summed E-state index contributed by atoms with van der Waals surface area (Å²) in [6.45, 7) is 17.4. The second-order valence-electron chi connectivity index (χ2n) is 8.60. The van der Waals surface area contributed by atoms with E-state index in [1.54, 1.807) is 26.0 Å². The van der Waals surface area contributed by atoms with E-state index in [9.17, 15) is 9.59 Å². The van der Waals surface area contributed by atoms with Crippen molar-refractivity contribution in [1.82, 2.24) is 0 Å². The highest BCUT2D eigenvalue weighted by atomic mass is 28.3. The Labute approximate surface area is 143 Å². The summed E-state index contributed by atoms with van der Waals surface area (Å²) in [6, 6.07) is 1.77. The van der Waals surface area contributed by atoms with Crippen molar-refractivity contribution >= 4 is 28.1 Å². The molecule has 0 aliphatic rings. The predicted molar refractivity (Wildman–Crippen MR) is 101 cm³/mol. The molecule has 0 aliphatic heterocycles. The van der Waals surface area contributed by atoms with Crippen LogP contribution in [0.15, 0.2) is 12.2 Å². The Hall–Kier alpha value is -0.886. The highest BCUT2D eigenvalue weighted by Crippen LogP contribution is 2.24. The first-order valence-corrected chi connectivity index (χ1v) is 15.7. The molecular formula is C17H34O4Si2. The molecule has 0 aromatic carbocycles. The Morgan fingerprint density at radius 3 is 1.48 bits per heavy atom. The summed E-state index contributed by atoms with van der Waals surface area (Å²) < 4.78 is 10.7. The average molecular weight is 359 g/mol. The van der Waals surface area contributed by atoms with E-state index in [2.05, 4.69) is 39.3 Å². The minimum Gasteiger partial charge on any atom is -0.465 e. The SMILES string of the molecule is CC=CC(C)(C(=O)OCC[Si](C)(C)C)C(=O)OCC[Si](C)(C)C. The molecule has 0 atom stereocenters. The lowest BCUT2D eigenvalue weighted by Gasteiger charge is -2.24. The van der Waals surface area contributed by atoms with Gasteiger partial charge in [0, 0.05) is 16.1 Å². The number of esters is 2. The van der Waals surface area contributed by atoms with Crippen LogP contribution in [0.4, 0.5) is 0 Å². The number of allylic oxidation sites excluding steroid dienone is 1. The fraction of sp³-hybridized carbons (Fsp3) is 0.765. The lowest BCUT2D eigenvalue weighted by molar-refractivity contribution is -0.166. The topological polar surface area (TPSA) is 52.6 Å². The van der Waals surface area contributed by atoms with Crippen LogP contribution in [0.5, 0.6) is 0 Å². The summed E-state index contributed by atoms with van der Waals surface area (Å²) in [7, 11) is -2.56. The van der Waals surface area contributed by atoms with Crippen molar-refractivity contribution in [3.8, 4) is 0 Å². The van der Waals surface area contributed by atoms with Crippen LogP contribution < -0.4 is 0 Å². The van der Waals surface area contributed by atoms with Crippen LogP contribution >= 0.6 is 0 Å². The van der Waals surface area contributed by atoms with E-state index < -0.39 is 33.5 Å². The predicted octanol–water partition coefficient (Wildman–Crippen LogP) is 4.33. The number of ether oxygens (including phenoxy) is 2. The van der Waals surface area contributed by atoms with Gasteiger partial charge in [0.1, 0.15) is 0 Å². The van der Waals surface area contributed by atoms with Gasteiger partial charge in [-0.1, -0.05) is 51.4 Å². The molecule has 0 heterocycles. The second kappa shape index (κ2) is 8.82. The van der Waals surface area contributed by atoms with Crippen molar-refractivity contribution in [2.75, 3.05) is 13.2 Å². The van der Waals surface area contributed by atoms with Gasteiger partial charge in [0.2, 0.25) is 0 Å². The minimum atomic E-state index is -1.35. The normalized spacial score (nSPS) is 13.2. The Balaban J connectivity index is 4.76. The van der Waals surface area contributed by atoms with Crippen LogP contribution in [0.25, 0.3) is 0 Å².